The van der Waals surface area contributed by atoms with Crippen LogP contribution in [-0.2, 0) is 11.2 Å². The van der Waals surface area contributed by atoms with E-state index >= 15 is 0 Å². The first-order chi connectivity index (χ1) is 7.63. The normalized spacial score (nSPS) is 9.81. The Balaban J connectivity index is 2.56. The maximum Gasteiger partial charge on any atom is 0.151 e. The molecule has 0 aliphatic carbocycles. The lowest BCUT2D eigenvalue weighted by Crippen LogP contribution is -2.24. The number of benzene rings is 1. The Hall–Kier alpha value is -1.18. The van der Waals surface area contributed by atoms with E-state index in [1.54, 1.807) is 6.07 Å². The summed E-state index contributed by atoms with van der Waals surface area (Å²) in [4.78, 5) is 11.5. The van der Waals surface area contributed by atoms with E-state index < -0.39 is 0 Å². The van der Waals surface area contributed by atoms with Crippen molar-refractivity contribution in [3.8, 4) is 12.3 Å². The Morgan fingerprint density at radius 3 is 3.00 bits per heavy atom. The lowest BCUT2D eigenvalue weighted by atomic mass is 10.1. The van der Waals surface area contributed by atoms with E-state index in [4.69, 9.17) is 6.42 Å². The van der Waals surface area contributed by atoms with Gasteiger partial charge in [0.15, 0.2) is 5.78 Å². The molecule has 0 aliphatic heterocycles. The van der Waals surface area contributed by atoms with Crippen molar-refractivity contribution >= 4 is 21.7 Å². The van der Waals surface area contributed by atoms with Crippen molar-refractivity contribution in [1.82, 2.24) is 5.32 Å². The van der Waals surface area contributed by atoms with Crippen molar-refractivity contribution in [2.45, 2.75) is 6.42 Å². The Morgan fingerprint density at radius 1 is 1.56 bits per heavy atom. The summed E-state index contributed by atoms with van der Waals surface area (Å²) in [6.45, 7) is 0.559. The van der Waals surface area contributed by atoms with E-state index in [9.17, 15) is 9.18 Å². The molecule has 0 aliphatic rings. The predicted molar refractivity (Wildman–Crippen MR) is 64.5 cm³/mol. The molecule has 16 heavy (non-hydrogen) atoms. The van der Waals surface area contributed by atoms with Gasteiger partial charge >= 0.3 is 0 Å². The van der Waals surface area contributed by atoms with E-state index in [1.165, 1.54) is 12.1 Å². The quantitative estimate of drug-likeness (QED) is 0.661. The fourth-order valence-corrected chi connectivity index (χ4v) is 1.61. The zero-order valence-corrected chi connectivity index (χ0v) is 10.2. The van der Waals surface area contributed by atoms with Crippen LogP contribution in [0.25, 0.3) is 0 Å². The summed E-state index contributed by atoms with van der Waals surface area (Å²) in [5, 5.41) is 2.79. The molecule has 4 heteroatoms. The lowest BCUT2D eigenvalue weighted by Gasteiger charge is -2.04. The summed E-state index contributed by atoms with van der Waals surface area (Å²) >= 11 is 3.27. The molecule has 2 nitrogen and oxygen atoms in total. The maximum absolute atomic E-state index is 12.9. The molecule has 1 N–H and O–H groups in total. The van der Waals surface area contributed by atoms with Gasteiger partial charge in [0, 0.05) is 10.9 Å². The summed E-state index contributed by atoms with van der Waals surface area (Å²) < 4.78 is 13.7. The SMILES string of the molecule is C#CCNCC(=O)Cc1cc(F)ccc1Br. The lowest BCUT2D eigenvalue weighted by molar-refractivity contribution is -0.117. The highest BCUT2D eigenvalue weighted by Crippen LogP contribution is 2.18. The third-order valence-electron chi connectivity index (χ3n) is 1.94. The van der Waals surface area contributed by atoms with Gasteiger partial charge in [-0.1, -0.05) is 21.9 Å². The highest BCUT2D eigenvalue weighted by Gasteiger charge is 2.07. The van der Waals surface area contributed by atoms with Gasteiger partial charge in [0.2, 0.25) is 0 Å². The number of hydrogen-bond donors (Lipinski definition) is 1. The monoisotopic (exact) mass is 283 g/mol. The zero-order valence-electron chi connectivity index (χ0n) is 8.59. The number of halogens is 2. The average molecular weight is 284 g/mol. The second kappa shape index (κ2) is 6.41. The fourth-order valence-electron chi connectivity index (χ4n) is 1.23. The van der Waals surface area contributed by atoms with Crippen LogP contribution >= 0.6 is 15.9 Å². The Morgan fingerprint density at radius 2 is 2.31 bits per heavy atom. The van der Waals surface area contributed by atoms with Crippen molar-refractivity contribution in [3.05, 3.63) is 34.1 Å². The van der Waals surface area contributed by atoms with E-state index in [1.807, 2.05) is 0 Å². The van der Waals surface area contributed by atoms with E-state index in [0.29, 0.717) is 12.1 Å². The Bertz CT molecular complexity index is 426. The van der Waals surface area contributed by atoms with Crippen LogP contribution in [0.4, 0.5) is 4.39 Å². The molecule has 1 aromatic rings. The molecule has 0 atom stereocenters. The summed E-state index contributed by atoms with van der Waals surface area (Å²) in [7, 11) is 0. The zero-order chi connectivity index (χ0) is 12.0. The number of carbonyl (C=O) groups excluding carboxylic acids is 1. The van der Waals surface area contributed by atoms with Gasteiger partial charge in [-0.25, -0.2) is 4.39 Å². The Kier molecular flexibility index (Phi) is 5.17. The molecular weight excluding hydrogens is 273 g/mol. The second-order valence-corrected chi connectivity index (χ2v) is 4.11. The van der Waals surface area contributed by atoms with Crippen LogP contribution in [0.15, 0.2) is 22.7 Å². The topological polar surface area (TPSA) is 29.1 Å². The van der Waals surface area contributed by atoms with Crippen LogP contribution in [0.2, 0.25) is 0 Å². The average Bonchev–Trinajstić information content (AvgIpc) is 2.24. The van der Waals surface area contributed by atoms with Crippen molar-refractivity contribution in [1.29, 1.82) is 0 Å². The van der Waals surface area contributed by atoms with Gasteiger partial charge in [0.05, 0.1) is 13.1 Å². The molecule has 1 rings (SSSR count). The highest BCUT2D eigenvalue weighted by molar-refractivity contribution is 9.10. The molecule has 0 bridgehead atoms. The van der Waals surface area contributed by atoms with Crippen LogP contribution in [0.3, 0.4) is 0 Å². The molecule has 0 radical (unpaired) electrons. The smallest absolute Gasteiger partial charge is 0.151 e. The summed E-state index contributed by atoms with van der Waals surface area (Å²) in [6.07, 6.45) is 5.22. The summed E-state index contributed by atoms with van der Waals surface area (Å²) in [5.41, 5.74) is 0.646. The van der Waals surface area contributed by atoms with E-state index in [-0.39, 0.29) is 24.6 Å². The minimum absolute atomic E-state index is 0.0263. The van der Waals surface area contributed by atoms with Gasteiger partial charge in [-0.15, -0.1) is 6.42 Å². The van der Waals surface area contributed by atoms with Crippen molar-refractivity contribution in [2.75, 3.05) is 13.1 Å². The van der Waals surface area contributed by atoms with Crippen molar-refractivity contribution in [3.63, 3.8) is 0 Å². The van der Waals surface area contributed by atoms with Crippen molar-refractivity contribution < 1.29 is 9.18 Å². The first-order valence-electron chi connectivity index (χ1n) is 4.73. The minimum Gasteiger partial charge on any atom is -0.299 e. The van der Waals surface area contributed by atoms with Gasteiger partial charge in [0.1, 0.15) is 5.82 Å². The third kappa shape index (κ3) is 4.13. The molecule has 1 aromatic carbocycles. The maximum atomic E-state index is 12.9. The number of rotatable bonds is 5. The van der Waals surface area contributed by atoms with Crippen LogP contribution in [0.1, 0.15) is 5.56 Å². The fraction of sp³-hybridized carbons (Fsp3) is 0.250. The van der Waals surface area contributed by atoms with Crippen LogP contribution in [0, 0.1) is 18.2 Å². The van der Waals surface area contributed by atoms with Crippen molar-refractivity contribution in [2.24, 2.45) is 0 Å². The molecule has 0 amide bonds. The highest BCUT2D eigenvalue weighted by atomic mass is 79.9. The first-order valence-corrected chi connectivity index (χ1v) is 5.52. The molecule has 84 valence electrons. The standard InChI is InChI=1S/C12H11BrFNO/c1-2-5-15-8-11(16)7-9-6-10(14)3-4-12(9)13/h1,3-4,6,15H,5,7-8H2. The molecule has 0 aromatic heterocycles. The van der Waals surface area contributed by atoms with Gasteiger partial charge < -0.3 is 0 Å². The number of nitrogens with one attached hydrogen (secondary N) is 1. The van der Waals surface area contributed by atoms with Gasteiger partial charge in [-0.05, 0) is 23.8 Å². The van der Waals surface area contributed by atoms with E-state index in [2.05, 4.69) is 27.2 Å². The summed E-state index contributed by atoms with van der Waals surface area (Å²) in [5.74, 6) is 2.00. The van der Waals surface area contributed by atoms with E-state index in [0.717, 1.165) is 4.47 Å². The number of carbonyl (C=O) groups is 1. The number of hydrogen-bond acceptors (Lipinski definition) is 2. The third-order valence-corrected chi connectivity index (χ3v) is 2.72. The minimum atomic E-state index is -0.345. The molecule has 0 fully saturated rings. The molecule has 0 spiro atoms. The molecule has 0 heterocycles. The molecule has 0 unspecified atom stereocenters. The van der Waals surface area contributed by atoms with Gasteiger partial charge in [-0.2, -0.15) is 0 Å². The summed E-state index contributed by atoms with van der Waals surface area (Å²) in [6, 6.07) is 4.28. The molecule has 0 saturated carbocycles. The second-order valence-electron chi connectivity index (χ2n) is 3.26. The first kappa shape index (κ1) is 12.9. The largest absolute Gasteiger partial charge is 0.299 e. The Labute approximate surface area is 102 Å². The molecular formula is C12H11BrFNO. The number of Topliss-reactive ketones (excluding diaryl/α,β-unsaturated/α-hetero) is 1. The predicted octanol–water partition coefficient (Wildman–Crippen LogP) is 1.92. The van der Waals surface area contributed by atoms with Crippen LogP contribution in [-0.4, -0.2) is 18.9 Å². The van der Waals surface area contributed by atoms with Crippen LogP contribution < -0.4 is 5.32 Å². The molecule has 0 saturated heterocycles. The van der Waals surface area contributed by atoms with Gasteiger partial charge in [0.25, 0.3) is 0 Å². The number of ketones is 1. The number of terminal acetylenes is 1. The van der Waals surface area contributed by atoms with Crippen LogP contribution in [0.5, 0.6) is 0 Å². The van der Waals surface area contributed by atoms with Gasteiger partial charge in [-0.3, -0.25) is 10.1 Å².